The van der Waals surface area contributed by atoms with Crippen LogP contribution in [0.15, 0.2) is 0 Å². The maximum atomic E-state index is 10.9. The Bertz CT molecular complexity index is 190. The van der Waals surface area contributed by atoms with Gasteiger partial charge in [0.1, 0.15) is 6.10 Å². The summed E-state index contributed by atoms with van der Waals surface area (Å²) in [6.45, 7) is 4.12. The minimum atomic E-state index is -0.992. The summed E-state index contributed by atoms with van der Waals surface area (Å²) in [7, 11) is 0. The summed E-state index contributed by atoms with van der Waals surface area (Å²) in [4.78, 5) is 10.9. The number of aliphatic hydroxyl groups excluding tert-OH is 1. The monoisotopic (exact) mass is 258 g/mol. The zero-order chi connectivity index (χ0) is 13.6. The first-order valence-electron chi connectivity index (χ1n) is 7.53. The molecule has 0 spiro atoms. The summed E-state index contributed by atoms with van der Waals surface area (Å²) < 4.78 is 4.89. The van der Waals surface area contributed by atoms with Crippen LogP contribution in [0, 0.1) is 0 Å². The van der Waals surface area contributed by atoms with E-state index in [2.05, 4.69) is 6.92 Å². The van der Waals surface area contributed by atoms with Crippen molar-refractivity contribution in [3.8, 4) is 0 Å². The van der Waals surface area contributed by atoms with Gasteiger partial charge >= 0.3 is 5.97 Å². The molecule has 0 aliphatic rings. The molecule has 0 amide bonds. The quantitative estimate of drug-likeness (QED) is 0.427. The van der Waals surface area contributed by atoms with Crippen LogP contribution in [0.25, 0.3) is 0 Å². The normalized spacial score (nSPS) is 12.4. The number of carbonyl (C=O) groups is 1. The van der Waals surface area contributed by atoms with Crippen LogP contribution in [0.1, 0.15) is 78.1 Å². The number of rotatable bonds is 12. The zero-order valence-electron chi connectivity index (χ0n) is 12.1. The molecule has 0 aromatic heterocycles. The number of aliphatic hydroxyl groups is 1. The molecule has 0 heterocycles. The Morgan fingerprint density at radius 2 is 1.39 bits per heavy atom. The Morgan fingerprint density at radius 3 is 1.83 bits per heavy atom. The van der Waals surface area contributed by atoms with Gasteiger partial charge in [-0.15, -0.1) is 0 Å². The van der Waals surface area contributed by atoms with Crippen molar-refractivity contribution in [1.82, 2.24) is 0 Å². The van der Waals surface area contributed by atoms with E-state index in [0.29, 0.717) is 6.61 Å². The lowest BCUT2D eigenvalue weighted by Crippen LogP contribution is -2.19. The number of esters is 1. The second-order valence-corrected chi connectivity index (χ2v) is 5.03. The molecule has 0 bridgehead atoms. The Morgan fingerprint density at radius 1 is 0.944 bits per heavy atom. The minimum absolute atomic E-state index is 0.445. The van der Waals surface area contributed by atoms with Gasteiger partial charge in [-0.1, -0.05) is 64.7 Å². The van der Waals surface area contributed by atoms with Gasteiger partial charge in [0.15, 0.2) is 0 Å². The first-order chi connectivity index (χ1) is 8.68. The van der Waals surface area contributed by atoms with E-state index in [1.807, 2.05) is 0 Å². The Balaban J connectivity index is 3.05. The molecule has 0 aliphatic carbocycles. The lowest BCUT2D eigenvalue weighted by atomic mass is 10.1. The highest BCUT2D eigenvalue weighted by Gasteiger charge is 2.08. The minimum Gasteiger partial charge on any atom is -0.464 e. The van der Waals surface area contributed by atoms with E-state index in [1.165, 1.54) is 58.3 Å². The van der Waals surface area contributed by atoms with Gasteiger partial charge in [-0.3, -0.25) is 0 Å². The van der Waals surface area contributed by atoms with Gasteiger partial charge in [0.2, 0.25) is 0 Å². The van der Waals surface area contributed by atoms with Crippen LogP contribution in [-0.2, 0) is 9.53 Å². The molecular formula is C15H30O3. The molecular weight excluding hydrogens is 228 g/mol. The summed E-state index contributed by atoms with van der Waals surface area (Å²) in [5, 5.41) is 8.91. The van der Waals surface area contributed by atoms with Crippen LogP contribution in [0.4, 0.5) is 0 Å². The Kier molecular flexibility index (Phi) is 12.5. The van der Waals surface area contributed by atoms with Gasteiger partial charge in [-0.25, -0.2) is 4.79 Å². The fourth-order valence-corrected chi connectivity index (χ4v) is 1.88. The zero-order valence-corrected chi connectivity index (χ0v) is 12.1. The van der Waals surface area contributed by atoms with Crippen LogP contribution in [-0.4, -0.2) is 23.8 Å². The number of carbonyl (C=O) groups excluding carboxylic acids is 1. The maximum absolute atomic E-state index is 10.9. The molecule has 18 heavy (non-hydrogen) atoms. The van der Waals surface area contributed by atoms with Gasteiger partial charge in [-0.2, -0.15) is 0 Å². The van der Waals surface area contributed by atoms with Crippen LogP contribution in [0.2, 0.25) is 0 Å². The van der Waals surface area contributed by atoms with Crippen molar-refractivity contribution < 1.29 is 14.6 Å². The maximum Gasteiger partial charge on any atom is 0.334 e. The first-order valence-corrected chi connectivity index (χ1v) is 7.53. The van der Waals surface area contributed by atoms with E-state index in [-0.39, 0.29) is 0 Å². The molecule has 1 N–H and O–H groups in total. The smallest absolute Gasteiger partial charge is 0.334 e. The molecule has 0 saturated carbocycles. The first kappa shape index (κ1) is 17.4. The van der Waals surface area contributed by atoms with Crippen molar-refractivity contribution in [3.05, 3.63) is 0 Å². The molecule has 0 aromatic rings. The van der Waals surface area contributed by atoms with Gasteiger partial charge < -0.3 is 9.84 Å². The largest absolute Gasteiger partial charge is 0.464 e. The summed E-state index contributed by atoms with van der Waals surface area (Å²) in [6, 6.07) is 0. The predicted molar refractivity (Wildman–Crippen MR) is 74.5 cm³/mol. The lowest BCUT2D eigenvalue weighted by Gasteiger charge is -2.06. The van der Waals surface area contributed by atoms with E-state index in [9.17, 15) is 4.79 Å². The van der Waals surface area contributed by atoms with Gasteiger partial charge in [-0.05, 0) is 13.3 Å². The highest BCUT2D eigenvalue weighted by atomic mass is 16.5. The van der Waals surface area contributed by atoms with Gasteiger partial charge in [0.05, 0.1) is 6.61 Å². The van der Waals surface area contributed by atoms with Crippen LogP contribution in [0.5, 0.6) is 0 Å². The third-order valence-electron chi connectivity index (χ3n) is 3.08. The molecule has 1 atom stereocenters. The third kappa shape index (κ3) is 11.9. The summed E-state index contributed by atoms with van der Waals surface area (Å²) in [5.41, 5.74) is 0. The van der Waals surface area contributed by atoms with Crippen molar-refractivity contribution in [3.63, 3.8) is 0 Å². The third-order valence-corrected chi connectivity index (χ3v) is 3.08. The number of unbranched alkanes of at least 4 members (excludes halogenated alkanes) is 9. The standard InChI is InChI=1S/C15H30O3/c1-3-4-5-6-7-8-9-10-11-12-13-18-15(17)14(2)16/h14,16H,3-13H2,1-2H3/t14-/m1/s1. The van der Waals surface area contributed by atoms with E-state index in [4.69, 9.17) is 9.84 Å². The fraction of sp³-hybridized carbons (Fsp3) is 0.933. The predicted octanol–water partition coefficient (Wildman–Crippen LogP) is 3.83. The summed E-state index contributed by atoms with van der Waals surface area (Å²) in [5.74, 6) is -0.508. The van der Waals surface area contributed by atoms with E-state index in [0.717, 1.165) is 12.8 Å². The molecule has 3 nitrogen and oxygen atoms in total. The molecule has 0 radical (unpaired) electrons. The summed E-state index contributed by atoms with van der Waals surface area (Å²) in [6.07, 6.45) is 11.7. The molecule has 0 rings (SSSR count). The average molecular weight is 258 g/mol. The van der Waals surface area contributed by atoms with E-state index >= 15 is 0 Å². The van der Waals surface area contributed by atoms with Crippen molar-refractivity contribution in [2.24, 2.45) is 0 Å². The van der Waals surface area contributed by atoms with Crippen LogP contribution >= 0.6 is 0 Å². The van der Waals surface area contributed by atoms with Crippen LogP contribution in [0.3, 0.4) is 0 Å². The van der Waals surface area contributed by atoms with Crippen molar-refractivity contribution in [2.75, 3.05) is 6.61 Å². The Labute approximate surface area is 112 Å². The second-order valence-electron chi connectivity index (χ2n) is 5.03. The van der Waals surface area contributed by atoms with Crippen molar-refractivity contribution >= 4 is 5.97 Å². The molecule has 0 aromatic carbocycles. The number of hydrogen-bond donors (Lipinski definition) is 1. The fourth-order valence-electron chi connectivity index (χ4n) is 1.88. The van der Waals surface area contributed by atoms with Gasteiger partial charge in [0.25, 0.3) is 0 Å². The number of hydrogen-bond acceptors (Lipinski definition) is 3. The van der Waals surface area contributed by atoms with Gasteiger partial charge in [0, 0.05) is 0 Å². The van der Waals surface area contributed by atoms with Crippen molar-refractivity contribution in [1.29, 1.82) is 0 Å². The molecule has 0 fully saturated rings. The topological polar surface area (TPSA) is 46.5 Å². The molecule has 0 unspecified atom stereocenters. The number of ether oxygens (including phenoxy) is 1. The highest BCUT2D eigenvalue weighted by molar-refractivity contribution is 5.73. The highest BCUT2D eigenvalue weighted by Crippen LogP contribution is 2.10. The van der Waals surface area contributed by atoms with Crippen LogP contribution < -0.4 is 0 Å². The Hall–Kier alpha value is -0.570. The van der Waals surface area contributed by atoms with Crippen molar-refractivity contribution in [2.45, 2.75) is 84.2 Å². The lowest BCUT2D eigenvalue weighted by molar-refractivity contribution is -0.152. The molecule has 0 aliphatic heterocycles. The van der Waals surface area contributed by atoms with E-state index < -0.39 is 12.1 Å². The average Bonchev–Trinajstić information content (AvgIpc) is 2.35. The molecule has 108 valence electrons. The molecule has 3 heteroatoms. The summed E-state index contributed by atoms with van der Waals surface area (Å²) >= 11 is 0. The second kappa shape index (κ2) is 12.9. The SMILES string of the molecule is CCCCCCCCCCCCOC(=O)[C@@H](C)O. The van der Waals surface area contributed by atoms with E-state index in [1.54, 1.807) is 0 Å². The molecule has 0 saturated heterocycles.